The van der Waals surface area contributed by atoms with Crippen molar-refractivity contribution in [3.05, 3.63) is 101 Å². The van der Waals surface area contributed by atoms with Crippen molar-refractivity contribution in [3.8, 4) is 0 Å². The fraction of sp³-hybridized carbons (Fsp3) is 0.240. The second-order valence-corrected chi connectivity index (χ2v) is 8.99. The van der Waals surface area contributed by atoms with Crippen molar-refractivity contribution in [2.45, 2.75) is 37.0 Å². The van der Waals surface area contributed by atoms with E-state index < -0.39 is 0 Å². The van der Waals surface area contributed by atoms with Crippen LogP contribution in [0.15, 0.2) is 83.8 Å². The summed E-state index contributed by atoms with van der Waals surface area (Å²) in [4.78, 5) is 14.0. The van der Waals surface area contributed by atoms with E-state index in [1.165, 1.54) is 10.5 Å². The topological polar surface area (TPSA) is 29.1 Å². The van der Waals surface area contributed by atoms with E-state index in [1.807, 2.05) is 66.7 Å². The highest BCUT2D eigenvalue weighted by Gasteiger charge is 2.17. The average Bonchev–Trinajstić information content (AvgIpc) is 2.73. The number of amides is 1. The lowest BCUT2D eigenvalue weighted by molar-refractivity contribution is 0.0932. The molecule has 1 N–H and O–H groups in total. The van der Waals surface area contributed by atoms with Crippen molar-refractivity contribution >= 4 is 29.3 Å². The van der Waals surface area contributed by atoms with Gasteiger partial charge in [0.15, 0.2) is 0 Å². The van der Waals surface area contributed by atoms with Gasteiger partial charge < -0.3 is 5.32 Å². The third-order valence-corrected chi connectivity index (χ3v) is 5.98. The van der Waals surface area contributed by atoms with Gasteiger partial charge in [0.25, 0.3) is 5.91 Å². The van der Waals surface area contributed by atoms with Gasteiger partial charge in [0.1, 0.15) is 0 Å². The Kier molecular flexibility index (Phi) is 7.79. The van der Waals surface area contributed by atoms with Crippen molar-refractivity contribution in [1.82, 2.24) is 5.32 Å². The molecule has 0 aliphatic rings. The van der Waals surface area contributed by atoms with Crippen LogP contribution in [0.25, 0.3) is 0 Å². The van der Waals surface area contributed by atoms with E-state index in [0.717, 1.165) is 22.8 Å². The van der Waals surface area contributed by atoms with Gasteiger partial charge in [0, 0.05) is 21.2 Å². The zero-order valence-corrected chi connectivity index (χ0v) is 18.3. The normalized spacial score (nSPS) is 12.0. The Hall–Kier alpha value is -2.23. The van der Waals surface area contributed by atoms with Crippen molar-refractivity contribution < 1.29 is 4.79 Å². The first-order valence-corrected chi connectivity index (χ1v) is 11.2. The maximum Gasteiger partial charge on any atom is 0.251 e. The van der Waals surface area contributed by atoms with Gasteiger partial charge in [-0.2, -0.15) is 0 Å². The molecule has 0 aromatic heterocycles. The highest BCUT2D eigenvalue weighted by Crippen LogP contribution is 2.25. The fourth-order valence-electron chi connectivity index (χ4n) is 3.13. The van der Waals surface area contributed by atoms with E-state index in [1.54, 1.807) is 11.8 Å². The fourth-order valence-corrected chi connectivity index (χ4v) is 4.11. The van der Waals surface area contributed by atoms with Crippen LogP contribution in [-0.4, -0.2) is 5.91 Å². The lowest BCUT2D eigenvalue weighted by Crippen LogP contribution is -2.29. The van der Waals surface area contributed by atoms with E-state index in [9.17, 15) is 4.79 Å². The van der Waals surface area contributed by atoms with Gasteiger partial charge in [-0.3, -0.25) is 4.79 Å². The molecule has 0 aliphatic carbocycles. The number of rotatable bonds is 8. The van der Waals surface area contributed by atoms with Crippen molar-refractivity contribution in [3.63, 3.8) is 0 Å². The maximum absolute atomic E-state index is 12.8. The van der Waals surface area contributed by atoms with Crippen LogP contribution in [0.3, 0.4) is 0 Å². The summed E-state index contributed by atoms with van der Waals surface area (Å²) in [5, 5.41) is 3.95. The van der Waals surface area contributed by atoms with Gasteiger partial charge in [-0.25, -0.2) is 0 Å². The van der Waals surface area contributed by atoms with Gasteiger partial charge in [-0.1, -0.05) is 67.9 Å². The molecule has 3 aromatic rings. The van der Waals surface area contributed by atoms with Crippen LogP contribution in [0, 0.1) is 5.92 Å². The lowest BCUT2D eigenvalue weighted by atomic mass is 9.96. The predicted molar refractivity (Wildman–Crippen MR) is 124 cm³/mol. The largest absolute Gasteiger partial charge is 0.345 e. The molecule has 0 saturated carbocycles. The predicted octanol–water partition coefficient (Wildman–Crippen LogP) is 7.15. The van der Waals surface area contributed by atoms with Crippen molar-refractivity contribution in [1.29, 1.82) is 0 Å². The van der Waals surface area contributed by atoms with Crippen LogP contribution in [0.4, 0.5) is 0 Å². The van der Waals surface area contributed by atoms with Crippen LogP contribution in [0.5, 0.6) is 0 Å². The number of carbonyl (C=O) groups is 1. The zero-order chi connectivity index (χ0) is 20.6. The Bertz CT molecular complexity index is 908. The SMILES string of the molecule is CC(C)C[C@@H](NC(=O)c1ccc(CSc2ccc(Cl)cc2)cc1)c1ccccc1. The quantitative estimate of drug-likeness (QED) is 0.390. The maximum atomic E-state index is 12.8. The summed E-state index contributed by atoms with van der Waals surface area (Å²) in [6.07, 6.45) is 0.908. The molecule has 1 atom stereocenters. The van der Waals surface area contributed by atoms with E-state index >= 15 is 0 Å². The molecule has 4 heteroatoms. The second-order valence-electron chi connectivity index (χ2n) is 7.51. The molecule has 3 rings (SSSR count). The standard InChI is InChI=1S/C25H26ClNOS/c1-18(2)16-24(20-6-4-3-5-7-20)27-25(28)21-10-8-19(9-11-21)17-29-23-14-12-22(26)13-15-23/h3-15,18,24H,16-17H2,1-2H3,(H,27,28)/t24-/m1/s1. The first kappa shape index (κ1) is 21.5. The number of nitrogens with one attached hydrogen (secondary N) is 1. The molecular weight excluding hydrogens is 398 g/mol. The summed E-state index contributed by atoms with van der Waals surface area (Å²) < 4.78 is 0. The number of hydrogen-bond acceptors (Lipinski definition) is 2. The molecule has 2 nitrogen and oxygen atoms in total. The molecule has 3 aromatic carbocycles. The number of hydrogen-bond donors (Lipinski definition) is 1. The Labute approximate surface area is 182 Å². The van der Waals surface area contributed by atoms with Crippen LogP contribution in [0.1, 0.15) is 47.8 Å². The summed E-state index contributed by atoms with van der Waals surface area (Å²) >= 11 is 7.68. The minimum absolute atomic E-state index is 0.0174. The molecule has 0 fully saturated rings. The molecule has 0 spiro atoms. The number of thioether (sulfide) groups is 1. The molecule has 0 bridgehead atoms. The zero-order valence-electron chi connectivity index (χ0n) is 16.8. The second kappa shape index (κ2) is 10.5. The van der Waals surface area contributed by atoms with Gasteiger partial charge in [-0.05, 0) is 59.9 Å². The van der Waals surface area contributed by atoms with Gasteiger partial charge in [-0.15, -0.1) is 11.8 Å². The molecule has 0 unspecified atom stereocenters. The van der Waals surface area contributed by atoms with Gasteiger partial charge in [0.05, 0.1) is 6.04 Å². The van der Waals surface area contributed by atoms with Crippen molar-refractivity contribution in [2.24, 2.45) is 5.92 Å². The third kappa shape index (κ3) is 6.66. The Morgan fingerprint density at radius 3 is 2.21 bits per heavy atom. The smallest absolute Gasteiger partial charge is 0.251 e. The summed E-state index contributed by atoms with van der Waals surface area (Å²) in [5.74, 6) is 1.31. The molecular formula is C25H26ClNOS. The minimum atomic E-state index is -0.0311. The molecule has 0 heterocycles. The summed E-state index contributed by atoms with van der Waals surface area (Å²) in [6, 6.07) is 25.9. The third-order valence-electron chi connectivity index (χ3n) is 4.65. The molecule has 1 amide bonds. The number of benzene rings is 3. The lowest BCUT2D eigenvalue weighted by Gasteiger charge is -2.21. The van der Waals surface area contributed by atoms with Crippen LogP contribution < -0.4 is 5.32 Å². The van der Waals surface area contributed by atoms with E-state index in [0.29, 0.717) is 11.5 Å². The molecule has 29 heavy (non-hydrogen) atoms. The first-order valence-electron chi connectivity index (χ1n) is 9.84. The first-order chi connectivity index (χ1) is 14.0. The average molecular weight is 424 g/mol. The van der Waals surface area contributed by atoms with E-state index in [4.69, 9.17) is 11.6 Å². The Balaban J connectivity index is 1.62. The van der Waals surface area contributed by atoms with E-state index in [2.05, 4.69) is 31.3 Å². The van der Waals surface area contributed by atoms with Crippen LogP contribution >= 0.6 is 23.4 Å². The van der Waals surface area contributed by atoms with Crippen LogP contribution in [-0.2, 0) is 5.75 Å². The summed E-state index contributed by atoms with van der Waals surface area (Å²) in [7, 11) is 0. The molecule has 0 radical (unpaired) electrons. The number of carbonyl (C=O) groups excluding carboxylic acids is 1. The monoisotopic (exact) mass is 423 g/mol. The van der Waals surface area contributed by atoms with Crippen molar-refractivity contribution in [2.75, 3.05) is 0 Å². The minimum Gasteiger partial charge on any atom is -0.345 e. The van der Waals surface area contributed by atoms with Crippen LogP contribution in [0.2, 0.25) is 5.02 Å². The number of halogens is 1. The summed E-state index contributed by atoms with van der Waals surface area (Å²) in [5.41, 5.74) is 3.02. The highest BCUT2D eigenvalue weighted by atomic mass is 35.5. The highest BCUT2D eigenvalue weighted by molar-refractivity contribution is 7.98. The van der Waals surface area contributed by atoms with E-state index in [-0.39, 0.29) is 11.9 Å². The Morgan fingerprint density at radius 2 is 1.59 bits per heavy atom. The van der Waals surface area contributed by atoms with Gasteiger partial charge in [0.2, 0.25) is 0 Å². The summed E-state index contributed by atoms with van der Waals surface area (Å²) in [6.45, 7) is 4.35. The molecule has 150 valence electrons. The molecule has 0 aliphatic heterocycles. The Morgan fingerprint density at radius 1 is 0.931 bits per heavy atom. The molecule has 0 saturated heterocycles. The van der Waals surface area contributed by atoms with Gasteiger partial charge >= 0.3 is 0 Å².